The lowest BCUT2D eigenvalue weighted by Crippen LogP contribution is -2.38. The molecule has 1 aromatic rings. The van der Waals surface area contributed by atoms with Crippen LogP contribution in [0.15, 0.2) is 24.3 Å². The van der Waals surface area contributed by atoms with Gasteiger partial charge in [0.25, 0.3) is 0 Å². The van der Waals surface area contributed by atoms with Crippen LogP contribution in [0.3, 0.4) is 0 Å². The minimum atomic E-state index is -0.608. The molecule has 1 saturated heterocycles. The zero-order chi connectivity index (χ0) is 13.2. The van der Waals surface area contributed by atoms with Crippen molar-refractivity contribution in [2.45, 2.75) is 37.8 Å². The molecule has 0 radical (unpaired) electrons. The van der Waals surface area contributed by atoms with Gasteiger partial charge in [0.2, 0.25) is 0 Å². The summed E-state index contributed by atoms with van der Waals surface area (Å²) >= 11 is 0. The van der Waals surface area contributed by atoms with Crippen LogP contribution in [0.5, 0.6) is 0 Å². The molecule has 2 nitrogen and oxygen atoms in total. The van der Waals surface area contributed by atoms with Crippen molar-refractivity contribution >= 4 is 10.8 Å². The minimum absolute atomic E-state index is 0.175. The molecule has 2 aliphatic rings. The van der Waals surface area contributed by atoms with Gasteiger partial charge >= 0.3 is 0 Å². The summed E-state index contributed by atoms with van der Waals surface area (Å²) in [6.45, 7) is 0. The molecule has 4 heteroatoms. The number of benzene rings is 1. The predicted molar refractivity (Wildman–Crippen MR) is 75.9 cm³/mol. The first-order valence-corrected chi connectivity index (χ1v) is 8.57. The SMILES string of the molecule is O=S1CCC(NC(c2ccc(F)cc2)C2CC2)CC1. The highest BCUT2D eigenvalue weighted by Crippen LogP contribution is 2.41. The molecule has 1 unspecified atom stereocenters. The number of hydrogen-bond acceptors (Lipinski definition) is 2. The molecule has 1 atom stereocenters. The lowest BCUT2D eigenvalue weighted by molar-refractivity contribution is 0.382. The van der Waals surface area contributed by atoms with E-state index in [4.69, 9.17) is 0 Å². The Kier molecular flexibility index (Phi) is 3.99. The Labute approximate surface area is 116 Å². The van der Waals surface area contributed by atoms with Crippen LogP contribution >= 0.6 is 0 Å². The lowest BCUT2D eigenvalue weighted by Gasteiger charge is -2.28. The molecule has 1 aliphatic heterocycles. The third kappa shape index (κ3) is 3.42. The predicted octanol–water partition coefficient (Wildman–Crippen LogP) is 2.78. The van der Waals surface area contributed by atoms with Gasteiger partial charge in [-0.2, -0.15) is 0 Å². The molecular formula is C15H20FNOS. The third-order valence-corrected chi connectivity index (χ3v) is 5.51. The first kappa shape index (κ1) is 13.3. The van der Waals surface area contributed by atoms with Gasteiger partial charge in [-0.15, -0.1) is 0 Å². The van der Waals surface area contributed by atoms with Crippen molar-refractivity contribution in [3.05, 3.63) is 35.6 Å². The second kappa shape index (κ2) is 5.71. The van der Waals surface area contributed by atoms with Crippen LogP contribution in [0.4, 0.5) is 4.39 Å². The van der Waals surface area contributed by atoms with Gasteiger partial charge in [0.05, 0.1) is 0 Å². The van der Waals surface area contributed by atoms with E-state index in [-0.39, 0.29) is 5.82 Å². The summed E-state index contributed by atoms with van der Waals surface area (Å²) < 4.78 is 24.4. The summed E-state index contributed by atoms with van der Waals surface area (Å²) in [7, 11) is -0.608. The molecule has 0 spiro atoms. The summed E-state index contributed by atoms with van der Waals surface area (Å²) in [6.07, 6.45) is 4.51. The van der Waals surface area contributed by atoms with Gasteiger partial charge in [-0.3, -0.25) is 4.21 Å². The number of nitrogens with one attached hydrogen (secondary N) is 1. The van der Waals surface area contributed by atoms with Crippen LogP contribution < -0.4 is 5.32 Å². The van der Waals surface area contributed by atoms with E-state index in [0.717, 1.165) is 24.3 Å². The summed E-state index contributed by atoms with van der Waals surface area (Å²) in [5.41, 5.74) is 1.19. The number of halogens is 1. The topological polar surface area (TPSA) is 29.1 Å². The second-order valence-electron chi connectivity index (χ2n) is 5.66. The van der Waals surface area contributed by atoms with Gasteiger partial charge in [-0.05, 0) is 49.3 Å². The number of hydrogen-bond donors (Lipinski definition) is 1. The Morgan fingerprint density at radius 2 is 1.74 bits per heavy atom. The molecule has 1 saturated carbocycles. The van der Waals surface area contributed by atoms with Crippen LogP contribution in [-0.4, -0.2) is 21.8 Å². The molecule has 3 rings (SSSR count). The van der Waals surface area contributed by atoms with Crippen LogP contribution in [0, 0.1) is 11.7 Å². The maximum atomic E-state index is 13.0. The van der Waals surface area contributed by atoms with E-state index in [1.807, 2.05) is 12.1 Å². The molecule has 19 heavy (non-hydrogen) atoms. The normalized spacial score (nSPS) is 29.1. The molecule has 0 aromatic heterocycles. The molecule has 1 N–H and O–H groups in total. The Morgan fingerprint density at radius 1 is 1.11 bits per heavy atom. The molecule has 1 aromatic carbocycles. The van der Waals surface area contributed by atoms with Gasteiger partial charge in [0, 0.05) is 34.4 Å². The van der Waals surface area contributed by atoms with E-state index < -0.39 is 10.8 Å². The molecular weight excluding hydrogens is 261 g/mol. The zero-order valence-corrected chi connectivity index (χ0v) is 11.8. The van der Waals surface area contributed by atoms with Crippen molar-refractivity contribution < 1.29 is 8.60 Å². The van der Waals surface area contributed by atoms with E-state index >= 15 is 0 Å². The Hall–Kier alpha value is -0.740. The summed E-state index contributed by atoms with van der Waals surface area (Å²) in [6, 6.07) is 7.69. The van der Waals surface area contributed by atoms with Crippen molar-refractivity contribution in [2.24, 2.45) is 5.92 Å². The van der Waals surface area contributed by atoms with Gasteiger partial charge in [-0.1, -0.05) is 12.1 Å². The van der Waals surface area contributed by atoms with E-state index in [1.165, 1.54) is 18.4 Å². The van der Waals surface area contributed by atoms with E-state index in [0.29, 0.717) is 18.0 Å². The van der Waals surface area contributed by atoms with Crippen LogP contribution in [0.1, 0.15) is 37.3 Å². The number of rotatable bonds is 4. The van der Waals surface area contributed by atoms with E-state index in [1.54, 1.807) is 12.1 Å². The van der Waals surface area contributed by atoms with Crippen molar-refractivity contribution in [1.29, 1.82) is 0 Å². The first-order valence-electron chi connectivity index (χ1n) is 7.09. The maximum Gasteiger partial charge on any atom is 0.123 e. The molecule has 2 fully saturated rings. The lowest BCUT2D eigenvalue weighted by atomic mass is 10.00. The summed E-state index contributed by atoms with van der Waals surface area (Å²) in [4.78, 5) is 0. The minimum Gasteiger partial charge on any atom is -0.307 e. The van der Waals surface area contributed by atoms with Gasteiger partial charge in [-0.25, -0.2) is 4.39 Å². The highest BCUT2D eigenvalue weighted by Gasteiger charge is 2.34. The Balaban J connectivity index is 1.67. The average molecular weight is 281 g/mol. The van der Waals surface area contributed by atoms with Crippen LogP contribution in [0.25, 0.3) is 0 Å². The third-order valence-electron chi connectivity index (χ3n) is 4.13. The smallest absolute Gasteiger partial charge is 0.123 e. The quantitative estimate of drug-likeness (QED) is 0.919. The fraction of sp³-hybridized carbons (Fsp3) is 0.600. The van der Waals surface area contributed by atoms with Crippen LogP contribution in [-0.2, 0) is 10.8 Å². The Bertz CT molecular complexity index is 448. The first-order chi connectivity index (χ1) is 9.22. The van der Waals surface area contributed by atoms with Crippen molar-refractivity contribution in [2.75, 3.05) is 11.5 Å². The summed E-state index contributed by atoms with van der Waals surface area (Å²) in [5.74, 6) is 2.15. The van der Waals surface area contributed by atoms with E-state index in [2.05, 4.69) is 5.32 Å². The average Bonchev–Trinajstić information content (AvgIpc) is 3.24. The van der Waals surface area contributed by atoms with Gasteiger partial charge in [0.1, 0.15) is 5.82 Å². The molecule has 1 aliphatic carbocycles. The largest absolute Gasteiger partial charge is 0.307 e. The van der Waals surface area contributed by atoms with Crippen molar-refractivity contribution in [1.82, 2.24) is 5.32 Å². The molecule has 0 amide bonds. The second-order valence-corrected chi connectivity index (χ2v) is 7.35. The van der Waals surface area contributed by atoms with Crippen LogP contribution in [0.2, 0.25) is 0 Å². The fourth-order valence-electron chi connectivity index (χ4n) is 2.82. The molecule has 1 heterocycles. The van der Waals surface area contributed by atoms with Crippen molar-refractivity contribution in [3.63, 3.8) is 0 Å². The maximum absolute atomic E-state index is 13.0. The zero-order valence-electron chi connectivity index (χ0n) is 11.0. The molecule has 104 valence electrons. The fourth-order valence-corrected chi connectivity index (χ4v) is 4.12. The highest BCUT2D eigenvalue weighted by molar-refractivity contribution is 7.85. The van der Waals surface area contributed by atoms with E-state index in [9.17, 15) is 8.60 Å². The standard InChI is InChI=1S/C15H20FNOS/c16-13-5-3-12(4-6-13)15(11-1-2-11)17-14-7-9-19(18)10-8-14/h3-6,11,14-15,17H,1-2,7-10H2. The summed E-state index contributed by atoms with van der Waals surface area (Å²) in [5, 5.41) is 3.72. The van der Waals surface area contributed by atoms with Crippen molar-refractivity contribution in [3.8, 4) is 0 Å². The highest BCUT2D eigenvalue weighted by atomic mass is 32.2. The molecule has 0 bridgehead atoms. The van der Waals surface area contributed by atoms with Gasteiger partial charge in [0.15, 0.2) is 0 Å². The Morgan fingerprint density at radius 3 is 2.32 bits per heavy atom. The van der Waals surface area contributed by atoms with Gasteiger partial charge < -0.3 is 5.32 Å². The monoisotopic (exact) mass is 281 g/mol.